The maximum atomic E-state index is 8.41. The van der Waals surface area contributed by atoms with Crippen molar-refractivity contribution < 1.29 is 15.1 Å². The molecule has 0 amide bonds. The van der Waals surface area contributed by atoms with E-state index in [0.717, 1.165) is 11.3 Å². The Morgan fingerprint density at radius 2 is 1.55 bits per heavy atom. The molecular formula is C19H14S. The molecule has 0 aliphatic rings. The zero-order valence-electron chi connectivity index (χ0n) is 21.4. The van der Waals surface area contributed by atoms with E-state index in [9.17, 15) is 0 Å². The van der Waals surface area contributed by atoms with Crippen LogP contribution in [0.25, 0.3) is 31.3 Å². The van der Waals surface area contributed by atoms with Crippen molar-refractivity contribution in [3.05, 3.63) is 72.0 Å². The fourth-order valence-electron chi connectivity index (χ4n) is 2.23. The van der Waals surface area contributed by atoms with Crippen LogP contribution in [0.15, 0.2) is 66.5 Å². The number of thiophene rings is 1. The second-order valence-electron chi connectivity index (χ2n) is 4.26. The van der Waals surface area contributed by atoms with Crippen LogP contribution < -0.4 is 0 Å². The van der Waals surface area contributed by atoms with Gasteiger partial charge in [-0.2, -0.15) is 0 Å². The number of rotatable bonds is 1. The third-order valence-corrected chi connectivity index (χ3v) is 4.09. The number of hydrogen-bond donors (Lipinski definition) is 0. The Balaban J connectivity index is 2.40. The molecule has 0 saturated carbocycles. The summed E-state index contributed by atoms with van der Waals surface area (Å²) in [7, 11) is 0. The van der Waals surface area contributed by atoms with E-state index in [2.05, 4.69) is 0 Å². The first kappa shape index (κ1) is 5.01. The Morgan fingerprint density at radius 3 is 2.40 bits per heavy atom. The maximum Gasteiger partial charge on any atom is 0.0638 e. The van der Waals surface area contributed by atoms with Crippen LogP contribution in [0, 0.1) is 6.92 Å². The van der Waals surface area contributed by atoms with Gasteiger partial charge in [0.05, 0.1) is 15.1 Å². The van der Waals surface area contributed by atoms with Crippen LogP contribution in [-0.4, -0.2) is 0 Å². The minimum atomic E-state index is -0.562. The lowest BCUT2D eigenvalue weighted by Gasteiger charge is -2.08. The summed E-state index contributed by atoms with van der Waals surface area (Å²) in [4.78, 5) is 0. The third-order valence-electron chi connectivity index (χ3n) is 3.07. The zero-order valence-corrected chi connectivity index (χ0v) is 11.2. The highest BCUT2D eigenvalue weighted by atomic mass is 32.1. The summed E-state index contributed by atoms with van der Waals surface area (Å²) in [5.41, 5.74) is 0.154. The Hall–Kier alpha value is -2.12. The fraction of sp³-hybridized carbons (Fsp3) is 0.0526. The predicted molar refractivity (Wildman–Crippen MR) is 89.5 cm³/mol. The van der Waals surface area contributed by atoms with Crippen LogP contribution in [0.3, 0.4) is 0 Å². The van der Waals surface area contributed by atoms with E-state index in [1.807, 2.05) is 0 Å². The van der Waals surface area contributed by atoms with E-state index in [1.165, 1.54) is 6.92 Å². The molecule has 96 valence electrons. The first-order valence-corrected chi connectivity index (χ1v) is 6.72. The monoisotopic (exact) mass is 285 g/mol. The molecule has 0 saturated heterocycles. The summed E-state index contributed by atoms with van der Waals surface area (Å²) < 4.78 is 90.4. The number of hydrogen-bond acceptors (Lipinski definition) is 1. The lowest BCUT2D eigenvalue weighted by atomic mass is 9.95. The molecule has 0 fully saturated rings. The lowest BCUT2D eigenvalue weighted by Crippen LogP contribution is -1.84. The summed E-state index contributed by atoms with van der Waals surface area (Å²) in [6.45, 7) is 1.51. The van der Waals surface area contributed by atoms with Crippen molar-refractivity contribution in [2.75, 3.05) is 0 Å². The van der Waals surface area contributed by atoms with Gasteiger partial charge in [0.15, 0.2) is 0 Å². The van der Waals surface area contributed by atoms with Crippen LogP contribution in [0.2, 0.25) is 0 Å². The van der Waals surface area contributed by atoms with Gasteiger partial charge in [0, 0.05) is 20.2 Å². The van der Waals surface area contributed by atoms with Gasteiger partial charge in [0.1, 0.15) is 0 Å². The minimum absolute atomic E-state index is 0.115. The molecule has 1 aromatic heterocycles. The quantitative estimate of drug-likeness (QED) is 0.400. The van der Waals surface area contributed by atoms with Crippen molar-refractivity contribution in [2.45, 2.75) is 6.92 Å². The molecule has 1 heteroatoms. The highest BCUT2D eigenvalue weighted by Crippen LogP contribution is 2.41. The number of benzene rings is 3. The van der Waals surface area contributed by atoms with Gasteiger partial charge in [-0.1, -0.05) is 54.4 Å². The van der Waals surface area contributed by atoms with Crippen molar-refractivity contribution in [1.82, 2.24) is 0 Å². The Labute approximate surface area is 137 Å². The first-order valence-electron chi connectivity index (χ1n) is 11.4. The topological polar surface area (TPSA) is 0 Å². The van der Waals surface area contributed by atoms with Gasteiger partial charge in [0.2, 0.25) is 0 Å². The summed E-state index contributed by atoms with van der Waals surface area (Å²) in [5, 5.41) is 0.313. The van der Waals surface area contributed by atoms with Crippen LogP contribution in [-0.2, 0) is 0 Å². The van der Waals surface area contributed by atoms with E-state index in [-0.39, 0.29) is 61.0 Å². The molecule has 0 aliphatic carbocycles. The van der Waals surface area contributed by atoms with Gasteiger partial charge in [0.25, 0.3) is 0 Å². The molecule has 1 heterocycles. The van der Waals surface area contributed by atoms with Crippen LogP contribution >= 0.6 is 11.3 Å². The van der Waals surface area contributed by atoms with Gasteiger partial charge in [-0.15, -0.1) is 11.3 Å². The summed E-state index contributed by atoms with van der Waals surface area (Å²) in [5.74, 6) is 0. The van der Waals surface area contributed by atoms with E-state index >= 15 is 0 Å². The Kier molecular flexibility index (Phi) is 1.12. The van der Waals surface area contributed by atoms with Gasteiger partial charge >= 0.3 is 0 Å². The van der Waals surface area contributed by atoms with Gasteiger partial charge in [-0.05, 0) is 35.7 Å². The molecule has 0 aliphatic heterocycles. The lowest BCUT2D eigenvalue weighted by molar-refractivity contribution is 1.50. The molecule has 0 nitrogen and oxygen atoms in total. The summed E-state index contributed by atoms with van der Waals surface area (Å²) in [6, 6.07) is -4.52. The summed E-state index contributed by atoms with van der Waals surface area (Å²) >= 11 is 0.935. The SMILES string of the molecule is [2H]c1c([2H])c([2H])c(-c2c(C)c([2H])c([2H])c3sc4c([2H])c([2H])c([2H])c([2H])c4c23)c([2H])c1[2H]. The van der Waals surface area contributed by atoms with Gasteiger partial charge in [-0.25, -0.2) is 0 Å². The van der Waals surface area contributed by atoms with E-state index in [1.54, 1.807) is 0 Å². The van der Waals surface area contributed by atoms with Crippen molar-refractivity contribution in [1.29, 1.82) is 0 Å². The molecule has 4 rings (SSSR count). The second-order valence-corrected chi connectivity index (χ2v) is 5.28. The summed E-state index contributed by atoms with van der Waals surface area (Å²) in [6.07, 6.45) is 0. The zero-order chi connectivity index (χ0) is 23.1. The highest BCUT2D eigenvalue weighted by Gasteiger charge is 2.12. The van der Waals surface area contributed by atoms with E-state index in [4.69, 9.17) is 15.1 Å². The molecule has 0 radical (unpaired) electrons. The van der Waals surface area contributed by atoms with E-state index < -0.39 is 42.3 Å². The van der Waals surface area contributed by atoms with Crippen molar-refractivity contribution >= 4 is 31.5 Å². The van der Waals surface area contributed by atoms with E-state index in [0.29, 0.717) is 0 Å². The predicted octanol–water partition coefficient (Wildman–Crippen LogP) is 6.03. The average molecular weight is 285 g/mol. The van der Waals surface area contributed by atoms with Crippen LogP contribution in [0.4, 0.5) is 0 Å². The normalized spacial score (nSPS) is 18.9. The Morgan fingerprint density at radius 1 is 0.800 bits per heavy atom. The number of fused-ring (bicyclic) bond motifs is 3. The molecular weight excluding hydrogens is 260 g/mol. The smallest absolute Gasteiger partial charge is 0.0638 e. The van der Waals surface area contributed by atoms with Crippen LogP contribution in [0.1, 0.15) is 20.6 Å². The molecule has 0 atom stereocenters. The maximum absolute atomic E-state index is 8.41. The van der Waals surface area contributed by atoms with Crippen molar-refractivity contribution in [2.24, 2.45) is 0 Å². The van der Waals surface area contributed by atoms with Crippen molar-refractivity contribution in [3.63, 3.8) is 0 Å². The second kappa shape index (κ2) is 4.46. The molecule has 4 aromatic rings. The molecule has 3 aromatic carbocycles. The molecule has 20 heavy (non-hydrogen) atoms. The Bertz CT molecular complexity index is 1420. The third kappa shape index (κ3) is 1.67. The van der Waals surface area contributed by atoms with Crippen molar-refractivity contribution in [3.8, 4) is 11.1 Å². The molecule has 0 bridgehead atoms. The standard InChI is InChI=1S/C19H14S/c1-13-11-12-17-19(15-9-5-6-10-16(15)20-17)18(13)14-7-3-2-4-8-14/h2-12H,1H3/i2D,3D,4D,5D,6D,7D,8D,9D,10D,11D,12D. The average Bonchev–Trinajstić information content (AvgIpc) is 3.14. The largest absolute Gasteiger partial charge is 0.135 e. The fourth-order valence-corrected chi connectivity index (χ4v) is 3.20. The molecule has 0 N–H and O–H groups in total. The van der Waals surface area contributed by atoms with Crippen LogP contribution in [0.5, 0.6) is 0 Å². The molecule has 0 spiro atoms. The van der Waals surface area contributed by atoms with Gasteiger partial charge < -0.3 is 0 Å². The van der Waals surface area contributed by atoms with Gasteiger partial charge in [-0.3, -0.25) is 0 Å². The minimum Gasteiger partial charge on any atom is -0.135 e. The first-order chi connectivity index (χ1) is 14.4. The highest BCUT2D eigenvalue weighted by molar-refractivity contribution is 7.25. The molecule has 0 unspecified atom stereocenters.